The van der Waals surface area contributed by atoms with Crippen molar-refractivity contribution in [2.24, 2.45) is 5.92 Å². The van der Waals surface area contributed by atoms with Crippen LogP contribution < -0.4 is 5.56 Å². The summed E-state index contributed by atoms with van der Waals surface area (Å²) in [6.07, 6.45) is 0. The van der Waals surface area contributed by atoms with E-state index in [1.807, 2.05) is 42.5 Å². The molecule has 7 heteroatoms. The van der Waals surface area contributed by atoms with Gasteiger partial charge >= 0.3 is 5.97 Å². The van der Waals surface area contributed by atoms with Gasteiger partial charge in [-0.2, -0.15) is 0 Å². The largest absolute Gasteiger partial charge is 0.460 e. The molecule has 4 rings (SSSR count). The first-order valence-electron chi connectivity index (χ1n) is 10.3. The Morgan fingerprint density at radius 1 is 1.13 bits per heavy atom. The van der Waals surface area contributed by atoms with Crippen molar-refractivity contribution in [3.8, 4) is 0 Å². The molecule has 0 unspecified atom stereocenters. The normalized spacial score (nSPS) is 11.5. The fourth-order valence-corrected chi connectivity index (χ4v) is 4.56. The Hall–Kier alpha value is -3.06. The van der Waals surface area contributed by atoms with Crippen molar-refractivity contribution in [2.45, 2.75) is 38.2 Å². The van der Waals surface area contributed by atoms with Crippen molar-refractivity contribution in [3.05, 3.63) is 70.2 Å². The molecule has 0 fully saturated rings. The average Bonchev–Trinajstić information content (AvgIpc) is 3.13. The van der Waals surface area contributed by atoms with Crippen LogP contribution in [0, 0.1) is 5.92 Å². The number of hydrogen-bond donors (Lipinski definition) is 0. The summed E-state index contributed by atoms with van der Waals surface area (Å²) >= 11 is 1.42. The third kappa shape index (κ3) is 4.23. The number of nitrogens with zero attached hydrogens (tertiary/aromatic N) is 2. The first-order chi connectivity index (χ1) is 15.0. The Labute approximate surface area is 184 Å². The molecular weight excluding hydrogens is 412 g/mol. The van der Waals surface area contributed by atoms with Crippen molar-refractivity contribution in [2.75, 3.05) is 6.61 Å². The predicted molar refractivity (Wildman–Crippen MR) is 123 cm³/mol. The maximum Gasteiger partial charge on any atom is 0.374 e. The third-order valence-corrected chi connectivity index (χ3v) is 5.88. The topological polar surface area (TPSA) is 74.3 Å². The van der Waals surface area contributed by atoms with Gasteiger partial charge in [0.05, 0.1) is 17.5 Å². The van der Waals surface area contributed by atoms with Gasteiger partial charge in [0.25, 0.3) is 5.56 Å². The molecule has 0 aliphatic heterocycles. The van der Waals surface area contributed by atoms with Crippen LogP contribution in [0.3, 0.4) is 0 Å². The lowest BCUT2D eigenvalue weighted by Gasteiger charge is -2.15. The minimum atomic E-state index is -0.486. The van der Waals surface area contributed by atoms with Gasteiger partial charge in [-0.1, -0.05) is 55.9 Å². The maximum absolute atomic E-state index is 13.1. The molecule has 4 aromatic rings. The predicted octanol–water partition coefficient (Wildman–Crippen LogP) is 5.27. The Morgan fingerprint density at radius 2 is 1.84 bits per heavy atom. The zero-order valence-electron chi connectivity index (χ0n) is 17.8. The van der Waals surface area contributed by atoms with E-state index in [1.54, 1.807) is 17.6 Å². The highest BCUT2D eigenvalue weighted by molar-refractivity contribution is 7.98. The first-order valence-corrected chi connectivity index (χ1v) is 11.3. The van der Waals surface area contributed by atoms with E-state index in [0.717, 1.165) is 10.9 Å². The van der Waals surface area contributed by atoms with Gasteiger partial charge < -0.3 is 9.15 Å². The molecule has 2 aromatic carbocycles. The number of furan rings is 1. The number of hydrogen-bond acceptors (Lipinski definition) is 6. The van der Waals surface area contributed by atoms with Crippen molar-refractivity contribution in [1.29, 1.82) is 0 Å². The van der Waals surface area contributed by atoms with Gasteiger partial charge in [-0.15, -0.1) is 0 Å². The smallest absolute Gasteiger partial charge is 0.374 e. The molecule has 0 saturated carbocycles. The standard InChI is InChI=1S/C24H24N2O4S/c1-4-29-23(28)21-18(16-9-6-8-12-20(16)30-21)14-31-24-25-19-11-7-5-10-17(19)22(27)26(24)13-15(2)3/h5-12,15H,4,13-14H2,1-3H3. The molecule has 31 heavy (non-hydrogen) atoms. The van der Waals surface area contributed by atoms with E-state index in [0.29, 0.717) is 33.9 Å². The number of esters is 1. The van der Waals surface area contributed by atoms with Gasteiger partial charge in [-0.05, 0) is 31.0 Å². The summed E-state index contributed by atoms with van der Waals surface area (Å²) in [6, 6.07) is 14.9. The molecule has 0 aliphatic rings. The van der Waals surface area contributed by atoms with E-state index in [9.17, 15) is 9.59 Å². The molecular formula is C24H24N2O4S. The SMILES string of the molecule is CCOC(=O)c1oc2ccccc2c1CSc1nc2ccccc2c(=O)n1CC(C)C. The molecule has 0 N–H and O–H groups in total. The van der Waals surface area contributed by atoms with Crippen LogP contribution in [0.1, 0.15) is 36.9 Å². The molecule has 0 saturated heterocycles. The second kappa shape index (κ2) is 8.98. The second-order valence-corrected chi connectivity index (χ2v) is 8.58. The van der Waals surface area contributed by atoms with Crippen LogP contribution in [0.25, 0.3) is 21.9 Å². The van der Waals surface area contributed by atoms with E-state index in [1.165, 1.54) is 11.8 Å². The van der Waals surface area contributed by atoms with Crippen molar-refractivity contribution in [1.82, 2.24) is 9.55 Å². The van der Waals surface area contributed by atoms with Crippen LogP contribution >= 0.6 is 11.8 Å². The number of aromatic nitrogens is 2. The van der Waals surface area contributed by atoms with Gasteiger partial charge in [0.1, 0.15) is 5.58 Å². The molecule has 0 radical (unpaired) electrons. The lowest BCUT2D eigenvalue weighted by Crippen LogP contribution is -2.25. The second-order valence-electron chi connectivity index (χ2n) is 7.64. The minimum Gasteiger partial charge on any atom is -0.460 e. The highest BCUT2D eigenvalue weighted by atomic mass is 32.2. The number of para-hydroxylation sites is 2. The summed E-state index contributed by atoms with van der Waals surface area (Å²) in [5, 5.41) is 2.09. The quantitative estimate of drug-likeness (QED) is 0.223. The first kappa shape index (κ1) is 21.2. The molecule has 0 spiro atoms. The summed E-state index contributed by atoms with van der Waals surface area (Å²) < 4.78 is 12.7. The fraction of sp³-hybridized carbons (Fsp3) is 0.292. The Kier molecular flexibility index (Phi) is 6.13. The van der Waals surface area contributed by atoms with Crippen LogP contribution in [-0.2, 0) is 17.0 Å². The van der Waals surface area contributed by atoms with Crippen molar-refractivity contribution in [3.63, 3.8) is 0 Å². The van der Waals surface area contributed by atoms with Crippen LogP contribution in [0.2, 0.25) is 0 Å². The minimum absolute atomic E-state index is 0.0514. The number of carbonyl (C=O) groups excluding carboxylic acids is 1. The van der Waals surface area contributed by atoms with Crippen molar-refractivity contribution >= 4 is 39.6 Å². The molecule has 0 bridgehead atoms. The summed E-state index contributed by atoms with van der Waals surface area (Å²) in [7, 11) is 0. The van der Waals surface area contributed by atoms with E-state index >= 15 is 0 Å². The molecule has 0 amide bonds. The zero-order valence-corrected chi connectivity index (χ0v) is 18.6. The van der Waals surface area contributed by atoms with Gasteiger partial charge in [0.15, 0.2) is 5.16 Å². The van der Waals surface area contributed by atoms with Crippen LogP contribution in [0.4, 0.5) is 0 Å². The third-order valence-electron chi connectivity index (χ3n) is 4.88. The number of rotatable bonds is 7. The number of ether oxygens (including phenoxy) is 1. The number of carbonyl (C=O) groups is 1. The molecule has 0 aliphatic carbocycles. The highest BCUT2D eigenvalue weighted by Crippen LogP contribution is 2.32. The Morgan fingerprint density at radius 3 is 2.58 bits per heavy atom. The van der Waals surface area contributed by atoms with Crippen LogP contribution in [-0.4, -0.2) is 22.1 Å². The van der Waals surface area contributed by atoms with Crippen molar-refractivity contribution < 1.29 is 13.9 Å². The molecule has 6 nitrogen and oxygen atoms in total. The van der Waals surface area contributed by atoms with E-state index in [2.05, 4.69) is 13.8 Å². The van der Waals surface area contributed by atoms with Crippen LogP contribution in [0.5, 0.6) is 0 Å². The van der Waals surface area contributed by atoms with Gasteiger partial charge in [-0.3, -0.25) is 9.36 Å². The fourth-order valence-electron chi connectivity index (χ4n) is 3.52. The zero-order chi connectivity index (χ0) is 22.0. The van der Waals surface area contributed by atoms with Gasteiger partial charge in [0, 0.05) is 23.2 Å². The average molecular weight is 437 g/mol. The summed E-state index contributed by atoms with van der Waals surface area (Å²) in [5.41, 5.74) is 1.99. The lowest BCUT2D eigenvalue weighted by molar-refractivity contribution is 0.0491. The lowest BCUT2D eigenvalue weighted by atomic mass is 10.1. The summed E-state index contributed by atoms with van der Waals surface area (Å²) in [6.45, 7) is 6.73. The Balaban J connectivity index is 1.77. The Bertz CT molecular complexity index is 1310. The number of fused-ring (bicyclic) bond motifs is 2. The maximum atomic E-state index is 13.1. The molecule has 2 aromatic heterocycles. The summed E-state index contributed by atoms with van der Waals surface area (Å²) in [5.74, 6) is 0.424. The molecule has 2 heterocycles. The van der Waals surface area contributed by atoms with Crippen LogP contribution in [0.15, 0.2) is 62.9 Å². The van der Waals surface area contributed by atoms with E-state index < -0.39 is 5.97 Å². The summed E-state index contributed by atoms with van der Waals surface area (Å²) in [4.78, 5) is 30.4. The van der Waals surface area contributed by atoms with Gasteiger partial charge in [-0.25, -0.2) is 9.78 Å². The number of benzene rings is 2. The molecule has 0 atom stereocenters. The van der Waals surface area contributed by atoms with E-state index in [-0.39, 0.29) is 23.8 Å². The molecule has 160 valence electrons. The highest BCUT2D eigenvalue weighted by Gasteiger charge is 2.22. The van der Waals surface area contributed by atoms with E-state index in [4.69, 9.17) is 14.1 Å². The monoisotopic (exact) mass is 436 g/mol. The van der Waals surface area contributed by atoms with Gasteiger partial charge in [0.2, 0.25) is 5.76 Å². The number of thioether (sulfide) groups is 1.